The maximum atomic E-state index is 10.5. The van der Waals surface area contributed by atoms with Crippen LogP contribution in [-0.4, -0.2) is 18.3 Å². The Kier molecular flexibility index (Phi) is 4.07. The molecule has 0 heterocycles. The predicted octanol–water partition coefficient (Wildman–Crippen LogP) is 3.44. The maximum Gasteiger partial charge on any atom is 0.118 e. The third kappa shape index (κ3) is 2.30. The molecule has 0 aromatic heterocycles. The fourth-order valence-corrected chi connectivity index (χ4v) is 3.09. The Bertz CT molecular complexity index is 396. The van der Waals surface area contributed by atoms with E-state index in [0.717, 1.165) is 31.4 Å². The number of hydrogen-bond donors (Lipinski definition) is 1. The normalized spacial score (nSPS) is 27.8. The van der Waals surface area contributed by atoms with Gasteiger partial charge >= 0.3 is 0 Å². The summed E-state index contributed by atoms with van der Waals surface area (Å²) in [6.07, 6.45) is 6.72. The van der Waals surface area contributed by atoms with Crippen molar-refractivity contribution in [1.82, 2.24) is 0 Å². The average molecular weight is 246 g/mol. The van der Waals surface area contributed by atoms with Crippen molar-refractivity contribution in [3.63, 3.8) is 0 Å². The van der Waals surface area contributed by atoms with Crippen molar-refractivity contribution in [3.05, 3.63) is 42.5 Å². The van der Waals surface area contributed by atoms with Crippen LogP contribution in [0.1, 0.15) is 37.7 Å². The van der Waals surface area contributed by atoms with Crippen LogP contribution in [0.5, 0.6) is 5.75 Å². The molecular formula is C16H22O2. The highest BCUT2D eigenvalue weighted by Gasteiger charge is 2.40. The van der Waals surface area contributed by atoms with Gasteiger partial charge in [-0.15, -0.1) is 6.58 Å². The minimum absolute atomic E-state index is 0.147. The van der Waals surface area contributed by atoms with Crippen molar-refractivity contribution in [2.24, 2.45) is 0 Å². The second-order valence-corrected chi connectivity index (χ2v) is 5.14. The number of hydrogen-bond acceptors (Lipinski definition) is 2. The first-order valence-electron chi connectivity index (χ1n) is 6.66. The van der Waals surface area contributed by atoms with Crippen molar-refractivity contribution in [3.8, 4) is 5.75 Å². The first-order valence-corrected chi connectivity index (χ1v) is 6.66. The minimum Gasteiger partial charge on any atom is -0.497 e. The van der Waals surface area contributed by atoms with Crippen molar-refractivity contribution in [1.29, 1.82) is 0 Å². The van der Waals surface area contributed by atoms with Gasteiger partial charge in [-0.25, -0.2) is 0 Å². The summed E-state index contributed by atoms with van der Waals surface area (Å²) in [7, 11) is 1.67. The van der Waals surface area contributed by atoms with Gasteiger partial charge in [-0.2, -0.15) is 0 Å². The maximum absolute atomic E-state index is 10.5. The quantitative estimate of drug-likeness (QED) is 0.825. The van der Waals surface area contributed by atoms with Crippen LogP contribution < -0.4 is 4.74 Å². The molecule has 0 radical (unpaired) electrons. The molecule has 2 atom stereocenters. The lowest BCUT2D eigenvalue weighted by molar-refractivity contribution is 0.0429. The first-order chi connectivity index (χ1) is 8.73. The first kappa shape index (κ1) is 13.2. The van der Waals surface area contributed by atoms with Gasteiger partial charge in [0.05, 0.1) is 13.2 Å². The minimum atomic E-state index is -0.266. The number of methoxy groups -OCH3 is 1. The van der Waals surface area contributed by atoms with E-state index in [0.29, 0.717) is 0 Å². The number of ether oxygens (including phenoxy) is 1. The Morgan fingerprint density at radius 1 is 1.39 bits per heavy atom. The number of benzene rings is 1. The molecule has 0 unspecified atom stereocenters. The molecule has 1 aromatic rings. The van der Waals surface area contributed by atoms with Gasteiger partial charge in [0.25, 0.3) is 0 Å². The predicted molar refractivity (Wildman–Crippen MR) is 74.0 cm³/mol. The summed E-state index contributed by atoms with van der Waals surface area (Å²) in [6.45, 7) is 3.86. The molecule has 2 rings (SSSR count). The van der Waals surface area contributed by atoms with E-state index >= 15 is 0 Å². The average Bonchev–Trinajstić information content (AvgIpc) is 2.42. The SMILES string of the molecule is C=CC[C@]1(c2ccc(OC)cc2)CCCC[C@H]1O. The van der Waals surface area contributed by atoms with Gasteiger partial charge in [-0.05, 0) is 37.0 Å². The van der Waals surface area contributed by atoms with E-state index < -0.39 is 0 Å². The molecule has 2 heteroatoms. The van der Waals surface area contributed by atoms with Crippen LogP contribution in [0.4, 0.5) is 0 Å². The number of aliphatic hydroxyl groups excluding tert-OH is 1. The lowest BCUT2D eigenvalue weighted by atomic mass is 9.65. The molecule has 0 bridgehead atoms. The molecule has 1 aromatic carbocycles. The van der Waals surface area contributed by atoms with Crippen molar-refractivity contribution < 1.29 is 9.84 Å². The lowest BCUT2D eigenvalue weighted by Gasteiger charge is -2.41. The van der Waals surface area contributed by atoms with Crippen LogP contribution in [0.2, 0.25) is 0 Å². The number of allylic oxidation sites excluding steroid dienone is 1. The van der Waals surface area contributed by atoms with Gasteiger partial charge in [0.1, 0.15) is 5.75 Å². The molecule has 0 aliphatic heterocycles. The van der Waals surface area contributed by atoms with Gasteiger partial charge < -0.3 is 9.84 Å². The smallest absolute Gasteiger partial charge is 0.118 e. The van der Waals surface area contributed by atoms with Crippen molar-refractivity contribution in [2.45, 2.75) is 43.6 Å². The van der Waals surface area contributed by atoms with Crippen LogP contribution in [0.15, 0.2) is 36.9 Å². The zero-order valence-corrected chi connectivity index (χ0v) is 11.1. The van der Waals surface area contributed by atoms with E-state index in [1.807, 2.05) is 18.2 Å². The van der Waals surface area contributed by atoms with E-state index in [9.17, 15) is 5.11 Å². The third-order valence-electron chi connectivity index (χ3n) is 4.16. The Morgan fingerprint density at radius 3 is 2.67 bits per heavy atom. The van der Waals surface area contributed by atoms with E-state index in [2.05, 4.69) is 18.7 Å². The highest BCUT2D eigenvalue weighted by atomic mass is 16.5. The van der Waals surface area contributed by atoms with Gasteiger partial charge in [-0.1, -0.05) is 31.1 Å². The van der Waals surface area contributed by atoms with E-state index in [1.165, 1.54) is 12.0 Å². The molecule has 1 aliphatic carbocycles. The van der Waals surface area contributed by atoms with Gasteiger partial charge in [0.15, 0.2) is 0 Å². The molecule has 2 nitrogen and oxygen atoms in total. The molecule has 0 amide bonds. The van der Waals surface area contributed by atoms with Crippen molar-refractivity contribution >= 4 is 0 Å². The van der Waals surface area contributed by atoms with Crippen LogP contribution in [0.25, 0.3) is 0 Å². The Hall–Kier alpha value is -1.28. The summed E-state index contributed by atoms with van der Waals surface area (Å²) in [5.41, 5.74) is 1.06. The molecule has 1 aliphatic rings. The molecule has 1 saturated carbocycles. The van der Waals surface area contributed by atoms with E-state index in [4.69, 9.17) is 4.74 Å². The van der Waals surface area contributed by atoms with Gasteiger partial charge in [-0.3, -0.25) is 0 Å². The second-order valence-electron chi connectivity index (χ2n) is 5.14. The van der Waals surface area contributed by atoms with E-state index in [-0.39, 0.29) is 11.5 Å². The molecule has 1 N–H and O–H groups in total. The van der Waals surface area contributed by atoms with Crippen molar-refractivity contribution in [2.75, 3.05) is 7.11 Å². The summed E-state index contributed by atoms with van der Waals surface area (Å²) in [5.74, 6) is 0.859. The largest absolute Gasteiger partial charge is 0.497 e. The van der Waals surface area contributed by atoms with Crippen LogP contribution in [-0.2, 0) is 5.41 Å². The fraction of sp³-hybridized carbons (Fsp3) is 0.500. The lowest BCUT2D eigenvalue weighted by Crippen LogP contribution is -2.41. The Labute approximate surface area is 109 Å². The van der Waals surface area contributed by atoms with E-state index in [1.54, 1.807) is 7.11 Å². The molecule has 0 spiro atoms. The number of rotatable bonds is 4. The summed E-state index contributed by atoms with van der Waals surface area (Å²) < 4.78 is 5.19. The topological polar surface area (TPSA) is 29.5 Å². The molecule has 0 saturated heterocycles. The Morgan fingerprint density at radius 2 is 2.11 bits per heavy atom. The van der Waals surface area contributed by atoms with Gasteiger partial charge in [0.2, 0.25) is 0 Å². The van der Waals surface area contributed by atoms with Crippen LogP contribution in [0.3, 0.4) is 0 Å². The fourth-order valence-electron chi connectivity index (χ4n) is 3.09. The number of aliphatic hydroxyl groups is 1. The second kappa shape index (κ2) is 5.57. The molecule has 18 heavy (non-hydrogen) atoms. The highest BCUT2D eigenvalue weighted by Crippen LogP contribution is 2.43. The van der Waals surface area contributed by atoms with Crippen LogP contribution in [0, 0.1) is 0 Å². The summed E-state index contributed by atoms with van der Waals surface area (Å²) in [6, 6.07) is 8.11. The summed E-state index contributed by atoms with van der Waals surface area (Å²) in [5, 5.41) is 10.5. The monoisotopic (exact) mass is 246 g/mol. The zero-order valence-electron chi connectivity index (χ0n) is 11.1. The summed E-state index contributed by atoms with van der Waals surface area (Å²) in [4.78, 5) is 0. The Balaban J connectivity index is 2.35. The standard InChI is InChI=1S/C16H22O2/c1-3-11-16(12-5-4-6-15(16)17)13-7-9-14(18-2)10-8-13/h3,7-10,15,17H,1,4-6,11-12H2,2H3/t15-,16-/m1/s1. The van der Waals surface area contributed by atoms with Gasteiger partial charge in [0, 0.05) is 5.41 Å². The molecule has 1 fully saturated rings. The zero-order chi connectivity index (χ0) is 13.0. The molecular weight excluding hydrogens is 224 g/mol. The molecule has 98 valence electrons. The third-order valence-corrected chi connectivity index (χ3v) is 4.16. The summed E-state index contributed by atoms with van der Waals surface area (Å²) >= 11 is 0. The van der Waals surface area contributed by atoms with Crippen LogP contribution >= 0.6 is 0 Å². The highest BCUT2D eigenvalue weighted by molar-refractivity contribution is 5.34.